The molecule has 146 valence electrons. The van der Waals surface area contributed by atoms with E-state index in [1.165, 1.54) is 30.2 Å². The van der Waals surface area contributed by atoms with E-state index in [9.17, 15) is 14.0 Å². The number of anilines is 1. The van der Waals surface area contributed by atoms with Crippen molar-refractivity contribution in [1.29, 1.82) is 0 Å². The summed E-state index contributed by atoms with van der Waals surface area (Å²) in [4.78, 5) is 29.0. The van der Waals surface area contributed by atoms with E-state index in [0.29, 0.717) is 17.9 Å². The summed E-state index contributed by atoms with van der Waals surface area (Å²) in [7, 11) is 0. The fourth-order valence-electron chi connectivity index (χ4n) is 4.08. The Kier molecular flexibility index (Phi) is 4.20. The number of carbonyl (C=O) groups is 2. The van der Waals surface area contributed by atoms with Crippen LogP contribution in [0.2, 0.25) is 0 Å². The van der Waals surface area contributed by atoms with E-state index in [2.05, 4.69) is 0 Å². The van der Waals surface area contributed by atoms with Gasteiger partial charge >= 0.3 is 0 Å². The van der Waals surface area contributed by atoms with Gasteiger partial charge in [-0.2, -0.15) is 0 Å². The van der Waals surface area contributed by atoms with Crippen LogP contribution in [0.1, 0.15) is 21.7 Å². The highest BCUT2D eigenvalue weighted by Gasteiger charge is 2.59. The molecular formula is C22H17FN2O3S. The summed E-state index contributed by atoms with van der Waals surface area (Å²) < 4.78 is 19.0. The second kappa shape index (κ2) is 6.77. The van der Waals surface area contributed by atoms with Gasteiger partial charge in [-0.1, -0.05) is 30.3 Å². The van der Waals surface area contributed by atoms with E-state index in [1.807, 2.05) is 24.3 Å². The van der Waals surface area contributed by atoms with Crippen molar-refractivity contribution in [3.05, 3.63) is 89.6 Å². The number of amides is 2. The summed E-state index contributed by atoms with van der Waals surface area (Å²) in [6, 6.07) is 17.0. The highest BCUT2D eigenvalue weighted by atomic mass is 32.2. The van der Waals surface area contributed by atoms with Crippen LogP contribution in [0.15, 0.2) is 71.3 Å². The van der Waals surface area contributed by atoms with Gasteiger partial charge < -0.3 is 14.2 Å². The van der Waals surface area contributed by atoms with Gasteiger partial charge in [0.15, 0.2) is 10.6 Å². The van der Waals surface area contributed by atoms with E-state index < -0.39 is 4.87 Å². The number of hydrogen-bond donors (Lipinski definition) is 0. The lowest BCUT2D eigenvalue weighted by Gasteiger charge is -2.32. The van der Waals surface area contributed by atoms with Crippen molar-refractivity contribution in [3.8, 4) is 0 Å². The van der Waals surface area contributed by atoms with Gasteiger partial charge in [0.05, 0.1) is 18.5 Å². The van der Waals surface area contributed by atoms with Crippen molar-refractivity contribution in [2.75, 3.05) is 17.2 Å². The molecule has 0 saturated carbocycles. The minimum absolute atomic E-state index is 0.189. The summed E-state index contributed by atoms with van der Waals surface area (Å²) in [5.41, 5.74) is 2.22. The van der Waals surface area contributed by atoms with E-state index in [4.69, 9.17) is 4.42 Å². The Morgan fingerprint density at radius 1 is 1.14 bits per heavy atom. The van der Waals surface area contributed by atoms with Gasteiger partial charge in [0, 0.05) is 17.9 Å². The molecule has 5 nitrogen and oxygen atoms in total. The van der Waals surface area contributed by atoms with Gasteiger partial charge in [0.25, 0.3) is 11.8 Å². The van der Waals surface area contributed by atoms with Gasteiger partial charge in [0.1, 0.15) is 5.82 Å². The second-order valence-corrected chi connectivity index (χ2v) is 8.25. The third-order valence-electron chi connectivity index (χ3n) is 5.31. The van der Waals surface area contributed by atoms with Crippen LogP contribution < -0.4 is 4.90 Å². The average Bonchev–Trinajstić information content (AvgIpc) is 3.45. The molecule has 5 rings (SSSR count). The Morgan fingerprint density at radius 3 is 2.79 bits per heavy atom. The summed E-state index contributed by atoms with van der Waals surface area (Å²) in [6.45, 7) is 0.677. The Bertz CT molecular complexity index is 1100. The Labute approximate surface area is 171 Å². The topological polar surface area (TPSA) is 53.8 Å². The molecule has 3 aromatic rings. The third-order valence-corrected chi connectivity index (χ3v) is 6.73. The summed E-state index contributed by atoms with van der Waals surface area (Å²) in [5, 5.41) is 0. The largest absolute Gasteiger partial charge is 0.459 e. The number of rotatable bonds is 3. The number of benzene rings is 2. The Hall–Kier alpha value is -3.06. The van der Waals surface area contributed by atoms with Crippen molar-refractivity contribution < 1.29 is 18.4 Å². The zero-order valence-corrected chi connectivity index (χ0v) is 16.2. The van der Waals surface area contributed by atoms with Crippen molar-refractivity contribution in [1.82, 2.24) is 4.90 Å². The van der Waals surface area contributed by atoms with E-state index >= 15 is 0 Å². The zero-order chi connectivity index (χ0) is 20.0. The number of halogens is 1. The smallest absolute Gasteiger partial charge is 0.291 e. The number of thioether (sulfide) groups is 1. The first-order valence-corrected chi connectivity index (χ1v) is 10.2. The van der Waals surface area contributed by atoms with Crippen LogP contribution >= 0.6 is 11.8 Å². The molecule has 0 radical (unpaired) electrons. The lowest BCUT2D eigenvalue weighted by Crippen LogP contribution is -2.50. The first-order valence-electron chi connectivity index (χ1n) is 9.26. The molecule has 7 heteroatoms. The number of carbonyl (C=O) groups excluding carboxylic acids is 2. The van der Waals surface area contributed by atoms with Crippen LogP contribution in [0.4, 0.5) is 10.1 Å². The molecule has 0 N–H and O–H groups in total. The monoisotopic (exact) mass is 408 g/mol. The van der Waals surface area contributed by atoms with Gasteiger partial charge in [-0.3, -0.25) is 9.59 Å². The maximum Gasteiger partial charge on any atom is 0.291 e. The molecule has 1 saturated heterocycles. The van der Waals surface area contributed by atoms with Crippen LogP contribution in [-0.2, 0) is 16.2 Å². The van der Waals surface area contributed by atoms with Gasteiger partial charge in [-0.05, 0) is 35.9 Å². The fraction of sp³-hybridized carbons (Fsp3) is 0.182. The molecule has 0 aliphatic carbocycles. The van der Waals surface area contributed by atoms with Crippen LogP contribution in [0.25, 0.3) is 0 Å². The van der Waals surface area contributed by atoms with E-state index in [-0.39, 0.29) is 29.9 Å². The molecule has 1 atom stereocenters. The molecule has 2 amide bonds. The average molecular weight is 408 g/mol. The maximum absolute atomic E-state index is 13.7. The number of para-hydroxylation sites is 1. The molecule has 2 aliphatic rings. The lowest BCUT2D eigenvalue weighted by atomic mass is 10.1. The molecule has 3 heterocycles. The van der Waals surface area contributed by atoms with Crippen LogP contribution in [0.3, 0.4) is 0 Å². The van der Waals surface area contributed by atoms with Crippen molar-refractivity contribution in [2.24, 2.45) is 0 Å². The fourth-order valence-corrected chi connectivity index (χ4v) is 5.54. The normalized spacial score (nSPS) is 20.5. The van der Waals surface area contributed by atoms with Crippen molar-refractivity contribution in [3.63, 3.8) is 0 Å². The predicted octanol–water partition coefficient (Wildman–Crippen LogP) is 4.01. The first kappa shape index (κ1) is 18.0. The summed E-state index contributed by atoms with van der Waals surface area (Å²) in [6.07, 6.45) is 1.45. The van der Waals surface area contributed by atoms with Gasteiger partial charge in [-0.15, -0.1) is 11.8 Å². The molecule has 2 aromatic carbocycles. The van der Waals surface area contributed by atoms with Crippen molar-refractivity contribution in [2.45, 2.75) is 11.4 Å². The van der Waals surface area contributed by atoms with Crippen LogP contribution in [0, 0.1) is 5.82 Å². The Morgan fingerprint density at radius 2 is 2.00 bits per heavy atom. The lowest BCUT2D eigenvalue weighted by molar-refractivity contribution is -0.123. The van der Waals surface area contributed by atoms with Crippen LogP contribution in [-0.4, -0.2) is 29.0 Å². The molecular weight excluding hydrogens is 391 g/mol. The van der Waals surface area contributed by atoms with E-state index in [0.717, 1.165) is 11.3 Å². The van der Waals surface area contributed by atoms with Gasteiger partial charge in [-0.25, -0.2) is 4.39 Å². The number of hydrogen-bond acceptors (Lipinski definition) is 4. The predicted molar refractivity (Wildman–Crippen MR) is 108 cm³/mol. The van der Waals surface area contributed by atoms with E-state index in [1.54, 1.807) is 34.1 Å². The molecule has 0 bridgehead atoms. The Balaban J connectivity index is 1.59. The third kappa shape index (κ3) is 2.68. The summed E-state index contributed by atoms with van der Waals surface area (Å²) in [5.74, 6) is 0.00391. The highest BCUT2D eigenvalue weighted by molar-refractivity contribution is 8.01. The molecule has 29 heavy (non-hydrogen) atoms. The first-order chi connectivity index (χ1) is 14.1. The SMILES string of the molecule is O=C(c1ccco1)N1CCSC12C(=O)N(Cc1cccc(F)c1)c1ccccc12. The number of furan rings is 1. The van der Waals surface area contributed by atoms with Crippen molar-refractivity contribution >= 4 is 29.3 Å². The number of nitrogens with zero attached hydrogens (tertiary/aromatic N) is 2. The quantitative estimate of drug-likeness (QED) is 0.657. The second-order valence-electron chi connectivity index (χ2n) is 6.96. The minimum Gasteiger partial charge on any atom is -0.459 e. The molecule has 1 aromatic heterocycles. The standard InChI is InChI=1S/C22H17FN2O3S/c23-16-6-3-5-15(13-16)14-24-18-8-2-1-7-17(18)22(21(24)27)25(10-12-29-22)20(26)19-9-4-11-28-19/h1-9,11,13H,10,12,14H2. The van der Waals surface area contributed by atoms with Gasteiger partial charge in [0.2, 0.25) is 0 Å². The zero-order valence-electron chi connectivity index (χ0n) is 15.4. The number of fused-ring (bicyclic) bond motifs is 2. The van der Waals surface area contributed by atoms with Crippen LogP contribution in [0.5, 0.6) is 0 Å². The molecule has 1 spiro atoms. The molecule has 2 aliphatic heterocycles. The summed E-state index contributed by atoms with van der Waals surface area (Å²) >= 11 is 1.45. The molecule has 1 fully saturated rings. The highest BCUT2D eigenvalue weighted by Crippen LogP contribution is 2.54. The molecule has 1 unspecified atom stereocenters. The minimum atomic E-state index is -1.13. The maximum atomic E-state index is 13.7.